The molecule has 0 radical (unpaired) electrons. The van der Waals surface area contributed by atoms with Gasteiger partial charge >= 0.3 is 0 Å². The van der Waals surface area contributed by atoms with E-state index in [1.807, 2.05) is 44.2 Å². The molecule has 1 saturated heterocycles. The third-order valence-electron chi connectivity index (χ3n) is 8.28. The maximum atomic E-state index is 16.0. The number of rotatable bonds is 13. The van der Waals surface area contributed by atoms with Crippen molar-refractivity contribution in [1.82, 2.24) is 16.0 Å². The standard InChI is InChI=1S/C33H46FN5O5S/c1-22(2)36-26-19-27(31(34)29(20-26)39-16-10-11-17-45(39,43)44)33(42)38-28(18-24-12-6-4-7-13-24)30(40)21-35-23(3)32(41)37-25-14-8-5-9-15-25/h4,6-7,12-13,19-20,22-23,25,28,35-36H,5,8-11,14-18,21H2,1-3H3,(H,37,41)(H,38,42)/t23?,28-/m0/s1. The molecule has 2 aliphatic rings. The molecule has 2 atom stereocenters. The van der Waals surface area contributed by atoms with Gasteiger partial charge in [0.15, 0.2) is 11.6 Å². The molecule has 0 aromatic heterocycles. The summed E-state index contributed by atoms with van der Waals surface area (Å²) in [5.41, 5.74) is 0.610. The molecule has 1 aliphatic heterocycles. The Balaban J connectivity index is 1.55. The fraction of sp³-hybridized carbons (Fsp3) is 0.545. The molecular weight excluding hydrogens is 597 g/mol. The molecule has 45 heavy (non-hydrogen) atoms. The monoisotopic (exact) mass is 643 g/mol. The summed E-state index contributed by atoms with van der Waals surface area (Å²) in [5, 5.41) is 11.9. The molecule has 12 heteroatoms. The molecule has 2 aromatic carbocycles. The molecule has 246 valence electrons. The molecule has 0 bridgehead atoms. The summed E-state index contributed by atoms with van der Waals surface area (Å²) in [6.07, 6.45) is 6.42. The lowest BCUT2D eigenvalue weighted by atomic mass is 9.95. The number of hydrogen-bond donors (Lipinski definition) is 4. The number of nitrogens with zero attached hydrogens (tertiary/aromatic N) is 1. The van der Waals surface area contributed by atoms with Crippen molar-refractivity contribution in [3.8, 4) is 0 Å². The zero-order chi connectivity index (χ0) is 32.6. The molecule has 1 saturated carbocycles. The molecule has 2 amide bonds. The van der Waals surface area contributed by atoms with Gasteiger partial charge in [-0.3, -0.25) is 24.0 Å². The Kier molecular flexibility index (Phi) is 12.0. The first-order valence-corrected chi connectivity index (χ1v) is 17.6. The van der Waals surface area contributed by atoms with Gasteiger partial charge in [0.05, 0.1) is 35.6 Å². The molecule has 1 unspecified atom stereocenters. The number of amides is 2. The molecule has 4 rings (SSSR count). The second-order valence-electron chi connectivity index (χ2n) is 12.4. The van der Waals surface area contributed by atoms with Crippen LogP contribution in [-0.4, -0.2) is 69.0 Å². The summed E-state index contributed by atoms with van der Waals surface area (Å²) < 4.78 is 42.8. The number of anilines is 2. The van der Waals surface area contributed by atoms with E-state index >= 15 is 4.39 Å². The van der Waals surface area contributed by atoms with Crippen molar-refractivity contribution in [3.63, 3.8) is 0 Å². The Labute approximate surface area is 266 Å². The number of sulfonamides is 1. The summed E-state index contributed by atoms with van der Waals surface area (Å²) >= 11 is 0. The summed E-state index contributed by atoms with van der Waals surface area (Å²) in [4.78, 5) is 40.0. The molecule has 1 aliphatic carbocycles. The zero-order valence-electron chi connectivity index (χ0n) is 26.4. The highest BCUT2D eigenvalue weighted by molar-refractivity contribution is 7.92. The molecule has 1 heterocycles. The van der Waals surface area contributed by atoms with E-state index in [1.54, 1.807) is 6.92 Å². The van der Waals surface area contributed by atoms with Crippen LogP contribution in [0.4, 0.5) is 15.8 Å². The zero-order valence-corrected chi connectivity index (χ0v) is 27.2. The maximum absolute atomic E-state index is 16.0. The summed E-state index contributed by atoms with van der Waals surface area (Å²) in [6.45, 7) is 5.36. The van der Waals surface area contributed by atoms with Crippen LogP contribution >= 0.6 is 0 Å². The minimum Gasteiger partial charge on any atom is -0.383 e. The summed E-state index contributed by atoms with van der Waals surface area (Å²) in [6, 6.07) is 10.3. The van der Waals surface area contributed by atoms with Gasteiger partial charge in [-0.1, -0.05) is 49.6 Å². The smallest absolute Gasteiger partial charge is 0.255 e. The lowest BCUT2D eigenvalue weighted by Crippen LogP contribution is -2.51. The second kappa shape index (κ2) is 15.7. The number of carbonyl (C=O) groups excluding carboxylic acids is 3. The minimum atomic E-state index is -3.76. The van der Waals surface area contributed by atoms with Gasteiger partial charge < -0.3 is 16.0 Å². The van der Waals surface area contributed by atoms with Crippen LogP contribution < -0.4 is 25.6 Å². The van der Waals surface area contributed by atoms with E-state index in [0.29, 0.717) is 18.5 Å². The van der Waals surface area contributed by atoms with Crippen LogP contribution in [0.1, 0.15) is 81.6 Å². The maximum Gasteiger partial charge on any atom is 0.255 e. The van der Waals surface area contributed by atoms with Crippen LogP contribution in [0.3, 0.4) is 0 Å². The predicted octanol–water partition coefficient (Wildman–Crippen LogP) is 3.91. The van der Waals surface area contributed by atoms with Gasteiger partial charge in [-0.2, -0.15) is 0 Å². The fourth-order valence-corrected chi connectivity index (χ4v) is 7.43. The highest BCUT2D eigenvalue weighted by Crippen LogP contribution is 2.32. The van der Waals surface area contributed by atoms with Crippen molar-refractivity contribution in [3.05, 3.63) is 59.4 Å². The van der Waals surface area contributed by atoms with Crippen molar-refractivity contribution in [2.24, 2.45) is 0 Å². The van der Waals surface area contributed by atoms with Gasteiger partial charge in [0.2, 0.25) is 15.9 Å². The third kappa shape index (κ3) is 9.49. The van der Waals surface area contributed by atoms with E-state index in [4.69, 9.17) is 0 Å². The van der Waals surface area contributed by atoms with Crippen LogP contribution in [0.25, 0.3) is 0 Å². The lowest BCUT2D eigenvalue weighted by Gasteiger charge is -2.30. The van der Waals surface area contributed by atoms with Gasteiger partial charge in [-0.05, 0) is 70.6 Å². The fourth-order valence-electron chi connectivity index (χ4n) is 5.81. The number of ketones is 1. The van der Waals surface area contributed by atoms with Gasteiger partial charge in [0, 0.05) is 24.3 Å². The van der Waals surface area contributed by atoms with E-state index in [1.165, 1.54) is 18.6 Å². The molecule has 4 N–H and O–H groups in total. The Hall–Kier alpha value is -3.51. The summed E-state index contributed by atoms with van der Waals surface area (Å²) in [5.74, 6) is -2.47. The van der Waals surface area contributed by atoms with E-state index in [2.05, 4.69) is 21.3 Å². The molecular formula is C33H46FN5O5S. The molecule has 2 fully saturated rings. The van der Waals surface area contributed by atoms with E-state index in [-0.39, 0.29) is 60.3 Å². The summed E-state index contributed by atoms with van der Waals surface area (Å²) in [7, 11) is -3.76. The first-order valence-electron chi connectivity index (χ1n) is 16.0. The van der Waals surface area contributed by atoms with Crippen molar-refractivity contribution in [2.75, 3.05) is 28.5 Å². The molecule has 2 aromatic rings. The number of carbonyl (C=O) groups is 3. The van der Waals surface area contributed by atoms with Gasteiger partial charge in [0.1, 0.15) is 0 Å². The number of Topliss-reactive ketones (excluding diaryl/α,β-unsaturated/α-hetero) is 1. The normalized spacial score (nSPS) is 18.2. The van der Waals surface area contributed by atoms with Crippen molar-refractivity contribution in [2.45, 2.75) is 96.3 Å². The van der Waals surface area contributed by atoms with Crippen LogP contribution in [-0.2, 0) is 26.0 Å². The Morgan fingerprint density at radius 2 is 1.69 bits per heavy atom. The third-order valence-corrected chi connectivity index (χ3v) is 10.1. The number of nitrogens with one attached hydrogen (secondary N) is 4. The predicted molar refractivity (Wildman–Crippen MR) is 174 cm³/mol. The van der Waals surface area contributed by atoms with Gasteiger partial charge in [0.25, 0.3) is 5.91 Å². The first-order chi connectivity index (χ1) is 21.4. The van der Waals surface area contributed by atoms with Gasteiger partial charge in [-0.15, -0.1) is 0 Å². The largest absolute Gasteiger partial charge is 0.383 e. The topological polar surface area (TPSA) is 137 Å². The lowest BCUT2D eigenvalue weighted by molar-refractivity contribution is -0.124. The van der Waals surface area contributed by atoms with Crippen molar-refractivity contribution >= 4 is 39.0 Å². The highest BCUT2D eigenvalue weighted by Gasteiger charge is 2.32. The van der Waals surface area contributed by atoms with Crippen molar-refractivity contribution < 1.29 is 27.2 Å². The van der Waals surface area contributed by atoms with E-state index < -0.39 is 33.8 Å². The van der Waals surface area contributed by atoms with Crippen LogP contribution in [0.5, 0.6) is 0 Å². The Morgan fingerprint density at radius 3 is 2.36 bits per heavy atom. The van der Waals surface area contributed by atoms with Gasteiger partial charge in [-0.25, -0.2) is 12.8 Å². The minimum absolute atomic E-state index is 0.0760. The van der Waals surface area contributed by atoms with Crippen LogP contribution in [0.15, 0.2) is 42.5 Å². The number of benzene rings is 2. The van der Waals surface area contributed by atoms with Crippen molar-refractivity contribution in [1.29, 1.82) is 0 Å². The Bertz CT molecular complexity index is 1450. The first kappa shape index (κ1) is 34.4. The number of hydrogen-bond acceptors (Lipinski definition) is 7. The highest BCUT2D eigenvalue weighted by atomic mass is 32.2. The van der Waals surface area contributed by atoms with E-state index in [9.17, 15) is 22.8 Å². The second-order valence-corrected chi connectivity index (χ2v) is 14.4. The average Bonchev–Trinajstić information content (AvgIpc) is 3.00. The van der Waals surface area contributed by atoms with Crippen LogP contribution in [0.2, 0.25) is 0 Å². The molecule has 0 spiro atoms. The average molecular weight is 644 g/mol. The van der Waals surface area contributed by atoms with E-state index in [0.717, 1.165) is 35.6 Å². The Morgan fingerprint density at radius 1 is 0.978 bits per heavy atom. The number of halogens is 1. The molecule has 10 nitrogen and oxygen atoms in total. The quantitative estimate of drug-likeness (QED) is 0.260. The van der Waals surface area contributed by atoms with Crippen LogP contribution in [0, 0.1) is 5.82 Å². The SMILES string of the molecule is CC(C)Nc1cc(C(=O)N[C@@H](Cc2ccccc2)C(=O)CNC(C)C(=O)NC2CCCCC2)c(F)c(N2CCCCS2(=O)=O)c1.